The van der Waals surface area contributed by atoms with Crippen molar-refractivity contribution in [2.24, 2.45) is 10.8 Å². The van der Waals surface area contributed by atoms with Gasteiger partial charge in [-0.3, -0.25) is 10.8 Å². The Balaban J connectivity index is 2.18. The van der Waals surface area contributed by atoms with Crippen LogP contribution < -0.4 is 16.6 Å². The maximum absolute atomic E-state index is 13.5. The Labute approximate surface area is 131 Å². The summed E-state index contributed by atoms with van der Waals surface area (Å²) in [5, 5.41) is 2.49. The predicted octanol–water partition coefficient (Wildman–Crippen LogP) is 2.67. The molecule has 0 aliphatic carbocycles. The zero-order valence-electron chi connectivity index (χ0n) is 12.1. The number of hydrogen-bond donors (Lipinski definition) is 3. The van der Waals surface area contributed by atoms with E-state index in [-0.39, 0.29) is 0 Å². The topological polar surface area (TPSA) is 62.4 Å². The molecule has 4 N–H and O–H groups in total. The Bertz CT molecular complexity index is 728. The summed E-state index contributed by atoms with van der Waals surface area (Å²) >= 11 is 0. The SMILES string of the molecule is NNC1(C(F)(F)F)CN=C(c2ccccc2)c2ccccc2N1. The van der Waals surface area contributed by atoms with Crippen molar-refractivity contribution in [1.29, 1.82) is 0 Å². The van der Waals surface area contributed by atoms with Crippen molar-refractivity contribution in [2.45, 2.75) is 11.8 Å². The minimum Gasteiger partial charge on any atom is -0.357 e. The molecule has 1 atom stereocenters. The first-order chi connectivity index (χ1) is 11.0. The third-order valence-electron chi connectivity index (χ3n) is 3.78. The molecule has 4 nitrogen and oxygen atoms in total. The fourth-order valence-electron chi connectivity index (χ4n) is 2.52. The average Bonchev–Trinajstić information content (AvgIpc) is 2.72. The van der Waals surface area contributed by atoms with E-state index in [1.54, 1.807) is 24.3 Å². The number of hydrazine groups is 1. The van der Waals surface area contributed by atoms with Crippen molar-refractivity contribution in [2.75, 3.05) is 11.9 Å². The number of aliphatic imine (C=N–C) groups is 1. The van der Waals surface area contributed by atoms with Gasteiger partial charge in [-0.05, 0) is 6.07 Å². The molecule has 0 amide bonds. The summed E-state index contributed by atoms with van der Waals surface area (Å²) in [7, 11) is 0. The maximum atomic E-state index is 13.5. The molecule has 2 aromatic carbocycles. The number of anilines is 1. The lowest BCUT2D eigenvalue weighted by molar-refractivity contribution is -0.184. The smallest absolute Gasteiger partial charge is 0.357 e. The normalized spacial score (nSPS) is 21.0. The van der Waals surface area contributed by atoms with Crippen molar-refractivity contribution >= 4 is 11.4 Å². The van der Waals surface area contributed by atoms with Gasteiger partial charge in [-0.25, -0.2) is 5.43 Å². The van der Waals surface area contributed by atoms with E-state index < -0.39 is 18.4 Å². The van der Waals surface area contributed by atoms with Gasteiger partial charge in [0.1, 0.15) is 0 Å². The van der Waals surface area contributed by atoms with Crippen LogP contribution in [0.3, 0.4) is 0 Å². The van der Waals surface area contributed by atoms with Crippen molar-refractivity contribution in [3.63, 3.8) is 0 Å². The highest BCUT2D eigenvalue weighted by molar-refractivity contribution is 6.16. The average molecular weight is 320 g/mol. The fourth-order valence-corrected chi connectivity index (χ4v) is 2.52. The number of para-hydroxylation sites is 1. The Hall–Kier alpha value is -2.38. The highest BCUT2D eigenvalue weighted by Crippen LogP contribution is 2.35. The van der Waals surface area contributed by atoms with Gasteiger partial charge in [0.05, 0.1) is 12.3 Å². The molecule has 0 bridgehead atoms. The van der Waals surface area contributed by atoms with Crippen LogP contribution in [0.4, 0.5) is 18.9 Å². The van der Waals surface area contributed by atoms with Crippen LogP contribution in [0.1, 0.15) is 11.1 Å². The summed E-state index contributed by atoms with van der Waals surface area (Å²) in [6.07, 6.45) is -4.62. The number of halogens is 3. The summed E-state index contributed by atoms with van der Waals surface area (Å²) in [4.78, 5) is 4.22. The van der Waals surface area contributed by atoms with E-state index in [2.05, 4.69) is 10.3 Å². The number of fused-ring (bicyclic) bond motifs is 1. The molecule has 0 radical (unpaired) electrons. The van der Waals surface area contributed by atoms with Gasteiger partial charge >= 0.3 is 6.18 Å². The number of hydrogen-bond acceptors (Lipinski definition) is 4. The minimum absolute atomic E-state index is 0.322. The summed E-state index contributed by atoms with van der Waals surface area (Å²) in [5.41, 5.74) is 1.51. The summed E-state index contributed by atoms with van der Waals surface area (Å²) in [6.45, 7) is -0.577. The Kier molecular flexibility index (Phi) is 3.83. The predicted molar refractivity (Wildman–Crippen MR) is 83.1 cm³/mol. The summed E-state index contributed by atoms with van der Waals surface area (Å²) in [6, 6.07) is 15.8. The molecule has 0 aromatic heterocycles. The van der Waals surface area contributed by atoms with Crippen molar-refractivity contribution in [3.05, 3.63) is 65.7 Å². The molecule has 3 rings (SSSR count). The Morgan fingerprint density at radius 3 is 2.35 bits per heavy atom. The van der Waals surface area contributed by atoms with Crippen LogP contribution in [-0.2, 0) is 0 Å². The van der Waals surface area contributed by atoms with E-state index in [1.165, 1.54) is 0 Å². The first-order valence-electron chi connectivity index (χ1n) is 6.99. The molecule has 0 saturated heterocycles. The molecule has 120 valence electrons. The van der Waals surface area contributed by atoms with Gasteiger partial charge in [0.25, 0.3) is 0 Å². The number of nitrogens with two attached hydrogens (primary N) is 1. The van der Waals surface area contributed by atoms with Crippen LogP contribution in [0.15, 0.2) is 59.6 Å². The quantitative estimate of drug-likeness (QED) is 0.589. The molecule has 1 unspecified atom stereocenters. The zero-order valence-corrected chi connectivity index (χ0v) is 12.1. The van der Waals surface area contributed by atoms with Gasteiger partial charge < -0.3 is 5.32 Å². The number of benzene rings is 2. The molecule has 1 heterocycles. The molecule has 0 saturated carbocycles. The molecular formula is C16H15F3N4. The van der Waals surface area contributed by atoms with Gasteiger partial charge in [-0.1, -0.05) is 48.5 Å². The molecule has 2 aromatic rings. The second-order valence-electron chi connectivity index (χ2n) is 5.25. The van der Waals surface area contributed by atoms with Gasteiger partial charge in [0, 0.05) is 16.8 Å². The summed E-state index contributed by atoms with van der Waals surface area (Å²) < 4.78 is 40.6. The van der Waals surface area contributed by atoms with Gasteiger partial charge in [0.15, 0.2) is 0 Å². The number of nitrogens with zero attached hydrogens (tertiary/aromatic N) is 1. The third-order valence-corrected chi connectivity index (χ3v) is 3.78. The number of benzodiazepines with no additional fused rings is 1. The van der Waals surface area contributed by atoms with E-state index in [0.717, 1.165) is 5.56 Å². The van der Waals surface area contributed by atoms with Crippen molar-refractivity contribution < 1.29 is 13.2 Å². The highest BCUT2D eigenvalue weighted by atomic mass is 19.4. The van der Waals surface area contributed by atoms with Crippen LogP contribution in [0.25, 0.3) is 0 Å². The molecule has 1 aliphatic rings. The Morgan fingerprint density at radius 1 is 1.04 bits per heavy atom. The highest BCUT2D eigenvalue weighted by Gasteiger charge is 2.55. The largest absolute Gasteiger partial charge is 0.428 e. The molecule has 1 aliphatic heterocycles. The van der Waals surface area contributed by atoms with Gasteiger partial charge in [-0.2, -0.15) is 13.2 Å². The zero-order chi connectivity index (χ0) is 16.5. The second-order valence-corrected chi connectivity index (χ2v) is 5.25. The number of nitrogens with one attached hydrogen (secondary N) is 2. The van der Waals surface area contributed by atoms with Crippen molar-refractivity contribution in [3.8, 4) is 0 Å². The molecule has 23 heavy (non-hydrogen) atoms. The number of rotatable bonds is 2. The van der Waals surface area contributed by atoms with E-state index in [9.17, 15) is 13.2 Å². The van der Waals surface area contributed by atoms with E-state index in [0.29, 0.717) is 17.0 Å². The standard InChI is InChI=1S/C16H15F3N4/c17-16(18,19)15(23-20)10-21-14(11-6-2-1-3-7-11)12-8-4-5-9-13(12)22-15/h1-9,22-23H,10,20H2. The lowest BCUT2D eigenvalue weighted by Gasteiger charge is -2.34. The second kappa shape index (κ2) is 5.68. The first kappa shape index (κ1) is 15.5. The third kappa shape index (κ3) is 2.69. The van der Waals surface area contributed by atoms with E-state index in [4.69, 9.17) is 5.84 Å². The molecular weight excluding hydrogens is 305 g/mol. The fraction of sp³-hybridized carbons (Fsp3) is 0.188. The molecule has 7 heteroatoms. The first-order valence-corrected chi connectivity index (χ1v) is 6.99. The Morgan fingerprint density at radius 2 is 1.70 bits per heavy atom. The van der Waals surface area contributed by atoms with Crippen LogP contribution in [0.5, 0.6) is 0 Å². The maximum Gasteiger partial charge on any atom is 0.428 e. The lowest BCUT2D eigenvalue weighted by atomic mass is 10.0. The van der Waals surface area contributed by atoms with Crippen LogP contribution in [-0.4, -0.2) is 24.1 Å². The molecule has 0 spiro atoms. The molecule has 0 fully saturated rings. The van der Waals surface area contributed by atoms with Crippen molar-refractivity contribution in [1.82, 2.24) is 5.43 Å². The van der Waals surface area contributed by atoms with Crippen LogP contribution >= 0.6 is 0 Å². The van der Waals surface area contributed by atoms with E-state index in [1.807, 2.05) is 35.8 Å². The van der Waals surface area contributed by atoms with Crippen LogP contribution in [0, 0.1) is 0 Å². The van der Waals surface area contributed by atoms with Gasteiger partial charge in [-0.15, -0.1) is 0 Å². The lowest BCUT2D eigenvalue weighted by Crippen LogP contribution is -2.66. The summed E-state index contributed by atoms with van der Waals surface area (Å²) in [5.74, 6) is 5.23. The van der Waals surface area contributed by atoms with Crippen LogP contribution in [0.2, 0.25) is 0 Å². The van der Waals surface area contributed by atoms with Gasteiger partial charge in [0.2, 0.25) is 5.66 Å². The minimum atomic E-state index is -4.62. The number of alkyl halides is 3. The van der Waals surface area contributed by atoms with E-state index >= 15 is 0 Å². The monoisotopic (exact) mass is 320 g/mol.